The lowest BCUT2D eigenvalue weighted by Crippen LogP contribution is -2.59. The zero-order valence-corrected chi connectivity index (χ0v) is 15.2. The molecule has 132 valence electrons. The second kappa shape index (κ2) is 4.41. The molecule has 8 saturated carbocycles. The molecule has 2 heteroatoms. The molecule has 24 heavy (non-hydrogen) atoms. The molecule has 2 unspecified atom stereocenters. The van der Waals surface area contributed by atoms with Crippen LogP contribution in [0.15, 0.2) is 0 Å². The highest BCUT2D eigenvalue weighted by atomic mass is 16.6. The van der Waals surface area contributed by atoms with Crippen molar-refractivity contribution in [2.24, 2.45) is 40.4 Å². The molecule has 0 saturated heterocycles. The van der Waals surface area contributed by atoms with Gasteiger partial charge in [0.05, 0.1) is 5.41 Å². The van der Waals surface area contributed by atoms with E-state index in [0.717, 1.165) is 55.3 Å². The van der Waals surface area contributed by atoms with Gasteiger partial charge in [-0.15, -0.1) is 0 Å². The van der Waals surface area contributed by atoms with Crippen LogP contribution in [-0.2, 0) is 9.53 Å². The minimum Gasteiger partial charge on any atom is -0.459 e. The first-order valence-corrected chi connectivity index (χ1v) is 10.7. The Kier molecular flexibility index (Phi) is 2.69. The molecular weight excluding hydrogens is 296 g/mol. The number of ether oxygens (including phenoxy) is 1. The zero-order chi connectivity index (χ0) is 16.2. The van der Waals surface area contributed by atoms with Crippen molar-refractivity contribution in [1.82, 2.24) is 0 Å². The van der Waals surface area contributed by atoms with Crippen LogP contribution >= 0.6 is 0 Å². The number of hydrogen-bond acceptors (Lipinski definition) is 2. The van der Waals surface area contributed by atoms with Crippen molar-refractivity contribution in [3.63, 3.8) is 0 Å². The summed E-state index contributed by atoms with van der Waals surface area (Å²) in [5.41, 5.74) is 0.323. The molecule has 0 aliphatic heterocycles. The predicted octanol–water partition coefficient (Wildman–Crippen LogP) is 5.10. The van der Waals surface area contributed by atoms with E-state index in [1.807, 2.05) is 0 Å². The summed E-state index contributed by atoms with van der Waals surface area (Å²) in [4.78, 5) is 13.5. The first kappa shape index (κ1) is 14.6. The van der Waals surface area contributed by atoms with E-state index in [1.54, 1.807) is 0 Å². The van der Waals surface area contributed by atoms with Crippen LogP contribution in [0.2, 0.25) is 0 Å². The minimum absolute atomic E-state index is 0.0702. The van der Waals surface area contributed by atoms with Crippen molar-refractivity contribution in [1.29, 1.82) is 0 Å². The average Bonchev–Trinajstić information content (AvgIpc) is 2.42. The molecule has 2 nitrogen and oxygen atoms in total. The van der Waals surface area contributed by atoms with Crippen LogP contribution in [-0.4, -0.2) is 11.6 Å². The third-order valence-electron chi connectivity index (χ3n) is 9.08. The molecule has 8 fully saturated rings. The SMILES string of the molecule is CC12CC3CC(C1)CC(OC(=O)C14CC5CC(CC(C5)C1)C4)(C3)C2. The number of rotatable bonds is 2. The van der Waals surface area contributed by atoms with Gasteiger partial charge >= 0.3 is 5.97 Å². The first-order chi connectivity index (χ1) is 11.4. The van der Waals surface area contributed by atoms with E-state index in [4.69, 9.17) is 4.74 Å². The van der Waals surface area contributed by atoms with Crippen molar-refractivity contribution >= 4 is 5.97 Å². The summed E-state index contributed by atoms with van der Waals surface area (Å²) in [6, 6.07) is 0. The lowest BCUT2D eigenvalue weighted by atomic mass is 9.48. The van der Waals surface area contributed by atoms with Crippen molar-refractivity contribution in [2.75, 3.05) is 0 Å². The maximum Gasteiger partial charge on any atom is 0.312 e. The molecule has 8 aliphatic rings. The minimum atomic E-state index is -0.0705. The maximum atomic E-state index is 13.5. The summed E-state index contributed by atoms with van der Waals surface area (Å²) in [5.74, 6) is 4.40. The molecule has 0 N–H and O–H groups in total. The van der Waals surface area contributed by atoms with Crippen molar-refractivity contribution in [3.8, 4) is 0 Å². The smallest absolute Gasteiger partial charge is 0.312 e. The Balaban J connectivity index is 1.27. The number of carbonyl (C=O) groups is 1. The van der Waals surface area contributed by atoms with Crippen molar-refractivity contribution in [2.45, 2.75) is 89.6 Å². The van der Waals surface area contributed by atoms with E-state index in [9.17, 15) is 4.79 Å². The fourth-order valence-corrected chi connectivity index (χ4v) is 9.41. The summed E-state index contributed by atoms with van der Waals surface area (Å²) in [5, 5.41) is 0. The van der Waals surface area contributed by atoms with E-state index in [0.29, 0.717) is 5.41 Å². The quantitative estimate of drug-likeness (QED) is 0.659. The molecular formula is C22H32O2. The van der Waals surface area contributed by atoms with Crippen molar-refractivity contribution in [3.05, 3.63) is 0 Å². The van der Waals surface area contributed by atoms with Gasteiger partial charge in [-0.2, -0.15) is 0 Å². The zero-order valence-electron chi connectivity index (χ0n) is 15.2. The van der Waals surface area contributed by atoms with Gasteiger partial charge in [0.1, 0.15) is 5.60 Å². The summed E-state index contributed by atoms with van der Waals surface area (Å²) < 4.78 is 6.56. The molecule has 2 atom stereocenters. The Morgan fingerprint density at radius 3 is 1.75 bits per heavy atom. The molecule has 8 rings (SSSR count). The third-order valence-corrected chi connectivity index (χ3v) is 9.08. The van der Waals surface area contributed by atoms with Gasteiger partial charge in [-0.3, -0.25) is 4.79 Å². The number of esters is 1. The normalized spacial score (nSPS) is 59.8. The van der Waals surface area contributed by atoms with E-state index in [2.05, 4.69) is 6.92 Å². The Morgan fingerprint density at radius 2 is 1.25 bits per heavy atom. The topological polar surface area (TPSA) is 26.3 Å². The molecule has 8 aliphatic carbocycles. The third kappa shape index (κ3) is 1.98. The average molecular weight is 328 g/mol. The van der Waals surface area contributed by atoms with Crippen LogP contribution in [0.4, 0.5) is 0 Å². The second-order valence-electron chi connectivity index (χ2n) is 11.5. The molecule has 0 aromatic heterocycles. The van der Waals surface area contributed by atoms with Crippen LogP contribution in [0.3, 0.4) is 0 Å². The molecule has 0 amide bonds. The highest BCUT2D eigenvalue weighted by Gasteiger charge is 2.61. The Labute approximate surface area is 146 Å². The number of hydrogen-bond donors (Lipinski definition) is 0. The lowest BCUT2D eigenvalue weighted by Gasteiger charge is -2.61. The maximum absolute atomic E-state index is 13.5. The summed E-state index contributed by atoms with van der Waals surface area (Å²) >= 11 is 0. The molecule has 8 bridgehead atoms. The van der Waals surface area contributed by atoms with E-state index in [-0.39, 0.29) is 17.0 Å². The van der Waals surface area contributed by atoms with Crippen LogP contribution < -0.4 is 0 Å². The van der Waals surface area contributed by atoms with Gasteiger partial charge in [0.15, 0.2) is 0 Å². The Hall–Kier alpha value is -0.530. The fraction of sp³-hybridized carbons (Fsp3) is 0.955. The van der Waals surface area contributed by atoms with Crippen molar-refractivity contribution < 1.29 is 9.53 Å². The highest BCUT2D eigenvalue weighted by molar-refractivity contribution is 5.78. The standard InChI is InChI=1S/C22H32O2/c1-20-6-17-5-18(7-20)12-22(11-17,13-20)24-19(23)21-8-14-2-15(9-21)4-16(3-14)10-21/h14-18H,2-13H2,1H3. The predicted molar refractivity (Wildman–Crippen MR) is 92.2 cm³/mol. The molecule has 0 spiro atoms. The summed E-state index contributed by atoms with van der Waals surface area (Å²) in [6.45, 7) is 2.47. The Bertz CT molecular complexity index is 541. The van der Waals surface area contributed by atoms with Crippen LogP contribution in [0, 0.1) is 40.4 Å². The summed E-state index contributed by atoms with van der Waals surface area (Å²) in [6.07, 6.45) is 15.4. The highest BCUT2D eigenvalue weighted by Crippen LogP contribution is 2.65. The van der Waals surface area contributed by atoms with Crippen LogP contribution in [0.1, 0.15) is 84.0 Å². The lowest BCUT2D eigenvalue weighted by molar-refractivity contribution is -0.217. The molecule has 0 aromatic carbocycles. The van der Waals surface area contributed by atoms with E-state index in [1.165, 1.54) is 51.4 Å². The first-order valence-electron chi connectivity index (χ1n) is 10.7. The van der Waals surface area contributed by atoms with Gasteiger partial charge in [0, 0.05) is 0 Å². The van der Waals surface area contributed by atoms with Crippen LogP contribution in [0.5, 0.6) is 0 Å². The number of carbonyl (C=O) groups excluding carboxylic acids is 1. The van der Waals surface area contributed by atoms with Crippen LogP contribution in [0.25, 0.3) is 0 Å². The molecule has 0 aromatic rings. The molecule has 0 radical (unpaired) electrons. The second-order valence-corrected chi connectivity index (χ2v) is 11.5. The Morgan fingerprint density at radius 1 is 0.750 bits per heavy atom. The van der Waals surface area contributed by atoms with Gasteiger partial charge in [0.25, 0.3) is 0 Å². The molecule has 0 heterocycles. The summed E-state index contributed by atoms with van der Waals surface area (Å²) in [7, 11) is 0. The van der Waals surface area contributed by atoms with Gasteiger partial charge in [-0.05, 0) is 112 Å². The van der Waals surface area contributed by atoms with Gasteiger partial charge in [-0.1, -0.05) is 6.92 Å². The largest absolute Gasteiger partial charge is 0.459 e. The van der Waals surface area contributed by atoms with E-state index >= 15 is 0 Å². The van der Waals surface area contributed by atoms with Gasteiger partial charge < -0.3 is 4.74 Å². The monoisotopic (exact) mass is 328 g/mol. The fourth-order valence-electron chi connectivity index (χ4n) is 9.41. The van der Waals surface area contributed by atoms with Gasteiger partial charge in [0.2, 0.25) is 0 Å². The van der Waals surface area contributed by atoms with E-state index < -0.39 is 0 Å². The van der Waals surface area contributed by atoms with Gasteiger partial charge in [-0.25, -0.2) is 0 Å².